The molecule has 1 rings (SSSR count). The smallest absolute Gasteiger partial charge is 0.321 e. The molecule has 0 spiro atoms. The van der Waals surface area contributed by atoms with Gasteiger partial charge in [-0.05, 0) is 38.6 Å². The van der Waals surface area contributed by atoms with Gasteiger partial charge in [-0.1, -0.05) is 13.8 Å². The Morgan fingerprint density at radius 3 is 2.48 bits per heavy atom. The van der Waals surface area contributed by atoms with Crippen LogP contribution < -0.4 is 10.6 Å². The van der Waals surface area contributed by atoms with E-state index in [0.717, 1.165) is 12.8 Å². The van der Waals surface area contributed by atoms with Crippen LogP contribution >= 0.6 is 0 Å². The number of carbonyl (C=O) groups excluding carboxylic acids is 2. The van der Waals surface area contributed by atoms with E-state index in [-0.39, 0.29) is 12.6 Å². The second-order valence-corrected chi connectivity index (χ2v) is 6.48. The minimum atomic E-state index is -0.931. The van der Waals surface area contributed by atoms with Crippen LogP contribution in [0.5, 0.6) is 0 Å². The lowest BCUT2D eigenvalue weighted by molar-refractivity contribution is -0.151. The van der Waals surface area contributed by atoms with E-state index in [1.54, 1.807) is 18.7 Å². The van der Waals surface area contributed by atoms with Gasteiger partial charge in [-0.25, -0.2) is 4.79 Å². The van der Waals surface area contributed by atoms with Crippen LogP contribution in [0.4, 0.5) is 4.79 Å². The average Bonchev–Trinajstić information content (AvgIpc) is 2.24. The number of carbonyl (C=O) groups is 3. The maximum atomic E-state index is 11.9. The summed E-state index contributed by atoms with van der Waals surface area (Å²) in [7, 11) is 0. The molecule has 120 valence electrons. The van der Waals surface area contributed by atoms with Crippen molar-refractivity contribution in [2.45, 2.75) is 52.6 Å². The van der Waals surface area contributed by atoms with E-state index in [9.17, 15) is 19.5 Å². The van der Waals surface area contributed by atoms with Crippen molar-refractivity contribution in [1.82, 2.24) is 15.5 Å². The van der Waals surface area contributed by atoms with Gasteiger partial charge in [0.15, 0.2) is 0 Å². The minimum absolute atomic E-state index is 0.0708. The first kappa shape index (κ1) is 17.4. The highest BCUT2D eigenvalue weighted by Crippen LogP contribution is 2.35. The number of nitrogens with one attached hydrogen (secondary N) is 2. The van der Waals surface area contributed by atoms with Crippen molar-refractivity contribution in [3.05, 3.63) is 0 Å². The van der Waals surface area contributed by atoms with E-state index in [1.807, 2.05) is 13.8 Å². The third-order valence-electron chi connectivity index (χ3n) is 3.63. The molecule has 7 nitrogen and oxygen atoms in total. The summed E-state index contributed by atoms with van der Waals surface area (Å²) in [5.41, 5.74) is -0.398. The van der Waals surface area contributed by atoms with Gasteiger partial charge in [0.05, 0.1) is 6.54 Å². The second kappa shape index (κ2) is 6.89. The first-order valence-corrected chi connectivity index (χ1v) is 7.20. The van der Waals surface area contributed by atoms with E-state index < -0.39 is 29.4 Å². The Hall–Kier alpha value is -1.63. The van der Waals surface area contributed by atoms with Gasteiger partial charge in [0.1, 0.15) is 6.04 Å². The van der Waals surface area contributed by atoms with Crippen molar-refractivity contribution in [3.63, 3.8) is 0 Å². The fourth-order valence-corrected chi connectivity index (χ4v) is 2.81. The van der Waals surface area contributed by atoms with Crippen LogP contribution in [-0.4, -0.2) is 53.1 Å². The summed E-state index contributed by atoms with van der Waals surface area (Å²) < 4.78 is 0. The predicted molar refractivity (Wildman–Crippen MR) is 77.8 cm³/mol. The first-order chi connectivity index (χ1) is 9.63. The standard InChI is InChI=1S/C14H25N3O4/c1-9(2)15-13(21)16-10(18)8-17-7-5-6-14(3,4)11(17)12(19)20/h9,11H,5-8H2,1-4H3,(H,19,20)(H2,15,16,18,21). The summed E-state index contributed by atoms with van der Waals surface area (Å²) in [6, 6.07) is -1.35. The van der Waals surface area contributed by atoms with Crippen LogP contribution in [0, 0.1) is 5.41 Å². The maximum absolute atomic E-state index is 11.9. The quantitative estimate of drug-likeness (QED) is 0.713. The van der Waals surface area contributed by atoms with Crippen LogP contribution in [0.1, 0.15) is 40.5 Å². The monoisotopic (exact) mass is 299 g/mol. The van der Waals surface area contributed by atoms with Crippen molar-refractivity contribution in [2.75, 3.05) is 13.1 Å². The molecule has 21 heavy (non-hydrogen) atoms. The number of nitrogens with zero attached hydrogens (tertiary/aromatic N) is 1. The number of likely N-dealkylation sites (tertiary alicyclic amines) is 1. The Kier molecular flexibility index (Phi) is 5.71. The zero-order chi connectivity index (χ0) is 16.2. The number of hydrogen-bond donors (Lipinski definition) is 3. The molecule has 0 saturated carbocycles. The topological polar surface area (TPSA) is 98.7 Å². The van der Waals surface area contributed by atoms with Crippen LogP contribution in [0.15, 0.2) is 0 Å². The molecule has 0 aromatic heterocycles. The van der Waals surface area contributed by atoms with Gasteiger partial charge in [0.2, 0.25) is 5.91 Å². The number of imide groups is 1. The number of urea groups is 1. The normalized spacial score (nSPS) is 21.9. The largest absolute Gasteiger partial charge is 0.480 e. The molecule has 3 N–H and O–H groups in total. The molecule has 1 unspecified atom stereocenters. The molecule has 3 amide bonds. The van der Waals surface area contributed by atoms with E-state index in [2.05, 4.69) is 10.6 Å². The molecule has 1 aliphatic heterocycles. The Morgan fingerprint density at radius 1 is 1.33 bits per heavy atom. The highest BCUT2D eigenvalue weighted by atomic mass is 16.4. The maximum Gasteiger partial charge on any atom is 0.321 e. The lowest BCUT2D eigenvalue weighted by atomic mass is 9.76. The predicted octanol–water partition coefficient (Wildman–Crippen LogP) is 0.796. The van der Waals surface area contributed by atoms with Crippen molar-refractivity contribution < 1.29 is 19.5 Å². The molecule has 0 aliphatic carbocycles. The Balaban J connectivity index is 2.65. The third-order valence-corrected chi connectivity index (χ3v) is 3.63. The van der Waals surface area contributed by atoms with Gasteiger partial charge in [0, 0.05) is 6.04 Å². The van der Waals surface area contributed by atoms with Crippen LogP contribution in [-0.2, 0) is 9.59 Å². The number of hydrogen-bond acceptors (Lipinski definition) is 4. The molecule has 1 atom stereocenters. The summed E-state index contributed by atoms with van der Waals surface area (Å²) in [5.74, 6) is -1.42. The van der Waals surface area contributed by atoms with Gasteiger partial charge < -0.3 is 10.4 Å². The number of rotatable bonds is 4. The van der Waals surface area contributed by atoms with Crippen molar-refractivity contribution in [3.8, 4) is 0 Å². The molecule has 1 aliphatic rings. The first-order valence-electron chi connectivity index (χ1n) is 7.20. The summed E-state index contributed by atoms with van der Waals surface area (Å²) >= 11 is 0. The molecule has 1 saturated heterocycles. The van der Waals surface area contributed by atoms with Crippen LogP contribution in [0.25, 0.3) is 0 Å². The lowest BCUT2D eigenvalue weighted by Gasteiger charge is -2.43. The van der Waals surface area contributed by atoms with Crippen LogP contribution in [0.2, 0.25) is 0 Å². The molecular formula is C14H25N3O4. The molecule has 0 bridgehead atoms. The lowest BCUT2D eigenvalue weighted by Crippen LogP contribution is -2.57. The molecule has 0 aromatic carbocycles. The molecule has 7 heteroatoms. The molecular weight excluding hydrogens is 274 g/mol. The Bertz CT molecular complexity index is 420. The summed E-state index contributed by atoms with van der Waals surface area (Å²) in [5, 5.41) is 14.2. The highest BCUT2D eigenvalue weighted by molar-refractivity contribution is 5.95. The van der Waals surface area contributed by atoms with Crippen molar-refractivity contribution >= 4 is 17.9 Å². The fraction of sp³-hybridized carbons (Fsp3) is 0.786. The van der Waals surface area contributed by atoms with E-state index in [1.165, 1.54) is 0 Å². The molecule has 1 heterocycles. The zero-order valence-corrected chi connectivity index (χ0v) is 13.1. The zero-order valence-electron chi connectivity index (χ0n) is 13.1. The van der Waals surface area contributed by atoms with Crippen molar-refractivity contribution in [1.29, 1.82) is 0 Å². The fourth-order valence-electron chi connectivity index (χ4n) is 2.81. The van der Waals surface area contributed by atoms with Gasteiger partial charge in [-0.3, -0.25) is 19.8 Å². The van der Waals surface area contributed by atoms with E-state index in [4.69, 9.17) is 0 Å². The number of amides is 3. The van der Waals surface area contributed by atoms with E-state index >= 15 is 0 Å². The van der Waals surface area contributed by atoms with Gasteiger partial charge in [-0.2, -0.15) is 0 Å². The van der Waals surface area contributed by atoms with E-state index in [0.29, 0.717) is 6.54 Å². The molecule has 1 fully saturated rings. The number of carboxylic acids is 1. The SMILES string of the molecule is CC(C)NC(=O)NC(=O)CN1CCCC(C)(C)C1C(=O)O. The third kappa shape index (κ3) is 5.00. The average molecular weight is 299 g/mol. The summed E-state index contributed by atoms with van der Waals surface area (Å²) in [6.07, 6.45) is 1.64. The Labute approximate surface area is 125 Å². The number of aliphatic carboxylic acids is 1. The summed E-state index contributed by atoms with van der Waals surface area (Å²) in [6.45, 7) is 7.81. The Morgan fingerprint density at radius 2 is 1.95 bits per heavy atom. The highest BCUT2D eigenvalue weighted by Gasteiger charge is 2.42. The number of carboxylic acid groups (broad SMARTS) is 1. The van der Waals surface area contributed by atoms with Gasteiger partial charge in [0.25, 0.3) is 0 Å². The second-order valence-electron chi connectivity index (χ2n) is 6.48. The number of piperidine rings is 1. The molecule has 0 aromatic rings. The molecule has 0 radical (unpaired) electrons. The minimum Gasteiger partial charge on any atom is -0.480 e. The van der Waals surface area contributed by atoms with Crippen LogP contribution in [0.3, 0.4) is 0 Å². The van der Waals surface area contributed by atoms with Crippen molar-refractivity contribution in [2.24, 2.45) is 5.41 Å². The van der Waals surface area contributed by atoms with Gasteiger partial charge >= 0.3 is 12.0 Å². The van der Waals surface area contributed by atoms with Gasteiger partial charge in [-0.15, -0.1) is 0 Å². The summed E-state index contributed by atoms with van der Waals surface area (Å²) in [4.78, 5) is 36.5.